The van der Waals surface area contributed by atoms with Crippen LogP contribution in [-0.2, 0) is 6.42 Å². The summed E-state index contributed by atoms with van der Waals surface area (Å²) >= 11 is 0. The fourth-order valence-corrected chi connectivity index (χ4v) is 3.80. The van der Waals surface area contributed by atoms with Crippen LogP contribution in [0.1, 0.15) is 43.0 Å². The Balaban J connectivity index is 1.39. The van der Waals surface area contributed by atoms with Gasteiger partial charge in [0, 0.05) is 6.42 Å². The van der Waals surface area contributed by atoms with Crippen LogP contribution in [0.5, 0.6) is 0 Å². The van der Waals surface area contributed by atoms with Crippen molar-refractivity contribution in [2.24, 2.45) is 5.92 Å². The van der Waals surface area contributed by atoms with Gasteiger partial charge in [0.1, 0.15) is 5.82 Å². The number of hydrogen-bond donors (Lipinski definition) is 1. The number of nitrogens with zero attached hydrogens (tertiary/aromatic N) is 1. The molecule has 0 amide bonds. The molecule has 1 aliphatic rings. The molecule has 1 aliphatic carbocycles. The van der Waals surface area contributed by atoms with Gasteiger partial charge in [-0.1, -0.05) is 42.5 Å². The first kappa shape index (κ1) is 13.6. The maximum absolute atomic E-state index is 4.73. The van der Waals surface area contributed by atoms with E-state index >= 15 is 0 Å². The van der Waals surface area contributed by atoms with Gasteiger partial charge in [-0.2, -0.15) is 0 Å². The van der Waals surface area contributed by atoms with Crippen LogP contribution in [0.25, 0.3) is 11.0 Å². The second-order valence-corrected chi connectivity index (χ2v) is 6.53. The monoisotopic (exact) mass is 290 g/mol. The normalized spacial score (nSPS) is 22.0. The summed E-state index contributed by atoms with van der Waals surface area (Å²) in [6.45, 7) is 0. The topological polar surface area (TPSA) is 28.7 Å². The van der Waals surface area contributed by atoms with E-state index in [-0.39, 0.29) is 0 Å². The van der Waals surface area contributed by atoms with Gasteiger partial charge in [0.05, 0.1) is 11.0 Å². The molecule has 1 aromatic heterocycles. The molecular formula is C20H22N2. The summed E-state index contributed by atoms with van der Waals surface area (Å²) in [4.78, 5) is 8.20. The van der Waals surface area contributed by atoms with Gasteiger partial charge in [0.15, 0.2) is 0 Å². The molecule has 2 nitrogen and oxygen atoms in total. The van der Waals surface area contributed by atoms with Gasteiger partial charge in [-0.25, -0.2) is 4.98 Å². The maximum atomic E-state index is 4.73. The molecule has 0 spiro atoms. The number of nitrogens with one attached hydrogen (secondary N) is 1. The van der Waals surface area contributed by atoms with Gasteiger partial charge >= 0.3 is 0 Å². The molecule has 1 saturated carbocycles. The summed E-state index contributed by atoms with van der Waals surface area (Å²) in [7, 11) is 0. The molecule has 2 aromatic carbocycles. The zero-order chi connectivity index (χ0) is 14.8. The zero-order valence-electron chi connectivity index (χ0n) is 12.8. The van der Waals surface area contributed by atoms with Crippen molar-refractivity contribution in [1.82, 2.24) is 9.97 Å². The number of aromatic nitrogens is 2. The van der Waals surface area contributed by atoms with Crippen LogP contribution in [0, 0.1) is 5.92 Å². The van der Waals surface area contributed by atoms with Gasteiger partial charge in [-0.15, -0.1) is 0 Å². The molecular weight excluding hydrogens is 268 g/mol. The minimum atomic E-state index is 0.758. The largest absolute Gasteiger partial charge is 0.342 e. The van der Waals surface area contributed by atoms with Crippen molar-refractivity contribution in [2.45, 2.75) is 38.0 Å². The number of H-pyrrole nitrogens is 1. The molecule has 22 heavy (non-hydrogen) atoms. The van der Waals surface area contributed by atoms with Crippen molar-refractivity contribution in [3.63, 3.8) is 0 Å². The van der Waals surface area contributed by atoms with Crippen LogP contribution in [0.3, 0.4) is 0 Å². The molecule has 0 bridgehead atoms. The fraction of sp³-hybridized carbons (Fsp3) is 0.350. The molecule has 1 fully saturated rings. The van der Waals surface area contributed by atoms with Crippen LogP contribution >= 0.6 is 0 Å². The quantitative estimate of drug-likeness (QED) is 0.716. The third-order valence-electron chi connectivity index (χ3n) is 5.04. The van der Waals surface area contributed by atoms with Crippen molar-refractivity contribution in [2.75, 3.05) is 0 Å². The Kier molecular flexibility index (Phi) is 3.67. The standard InChI is InChI=1S/C20H22N2/c1-2-6-16(7-3-1)17-12-10-15(11-13-17)14-20-21-18-8-4-5-9-19(18)22-20/h1-9,15,17H,10-14H2,(H,21,22). The number of para-hydroxylation sites is 2. The molecule has 0 atom stereocenters. The molecule has 112 valence electrons. The Morgan fingerprint density at radius 2 is 1.59 bits per heavy atom. The maximum Gasteiger partial charge on any atom is 0.107 e. The highest BCUT2D eigenvalue weighted by Gasteiger charge is 2.23. The second kappa shape index (κ2) is 5.96. The number of aromatic amines is 1. The average Bonchev–Trinajstić information content (AvgIpc) is 2.98. The smallest absolute Gasteiger partial charge is 0.107 e. The highest BCUT2D eigenvalue weighted by Crippen LogP contribution is 2.36. The number of hydrogen-bond acceptors (Lipinski definition) is 1. The highest BCUT2D eigenvalue weighted by atomic mass is 14.9. The summed E-state index contributed by atoms with van der Waals surface area (Å²) in [5.74, 6) is 2.69. The van der Waals surface area contributed by atoms with E-state index in [0.29, 0.717) is 0 Å². The Bertz CT molecular complexity index is 704. The van der Waals surface area contributed by atoms with Crippen molar-refractivity contribution in [3.8, 4) is 0 Å². The van der Waals surface area contributed by atoms with Gasteiger partial charge in [0.2, 0.25) is 0 Å². The van der Waals surface area contributed by atoms with Gasteiger partial charge in [-0.3, -0.25) is 0 Å². The molecule has 0 saturated heterocycles. The van der Waals surface area contributed by atoms with Crippen LogP contribution in [0.2, 0.25) is 0 Å². The summed E-state index contributed by atoms with van der Waals surface area (Å²) in [6.07, 6.45) is 6.35. The summed E-state index contributed by atoms with van der Waals surface area (Å²) in [5, 5.41) is 0. The molecule has 0 radical (unpaired) electrons. The van der Waals surface area contributed by atoms with E-state index in [1.165, 1.54) is 31.2 Å². The lowest BCUT2D eigenvalue weighted by molar-refractivity contribution is 0.321. The van der Waals surface area contributed by atoms with Crippen molar-refractivity contribution >= 4 is 11.0 Å². The fourth-order valence-electron chi connectivity index (χ4n) is 3.80. The molecule has 2 heteroatoms. The van der Waals surface area contributed by atoms with E-state index in [1.807, 2.05) is 0 Å². The Morgan fingerprint density at radius 1 is 0.864 bits per heavy atom. The highest BCUT2D eigenvalue weighted by molar-refractivity contribution is 5.74. The zero-order valence-corrected chi connectivity index (χ0v) is 12.8. The van der Waals surface area contributed by atoms with Gasteiger partial charge in [0.25, 0.3) is 0 Å². The number of rotatable bonds is 3. The lowest BCUT2D eigenvalue weighted by Crippen LogP contribution is -2.15. The molecule has 3 aromatic rings. The van der Waals surface area contributed by atoms with Crippen LogP contribution in [0.4, 0.5) is 0 Å². The Hall–Kier alpha value is -2.09. The van der Waals surface area contributed by atoms with E-state index in [4.69, 9.17) is 4.98 Å². The molecule has 4 rings (SSSR count). The van der Waals surface area contributed by atoms with E-state index < -0.39 is 0 Å². The first-order valence-electron chi connectivity index (χ1n) is 8.37. The van der Waals surface area contributed by atoms with E-state index in [2.05, 4.69) is 59.6 Å². The Labute approximate surface area is 131 Å². The van der Waals surface area contributed by atoms with Gasteiger partial charge in [-0.05, 0) is 55.2 Å². The summed E-state index contributed by atoms with van der Waals surface area (Å²) < 4.78 is 0. The first-order chi connectivity index (χ1) is 10.9. The lowest BCUT2D eigenvalue weighted by atomic mass is 9.77. The first-order valence-corrected chi connectivity index (χ1v) is 8.37. The molecule has 0 unspecified atom stereocenters. The average molecular weight is 290 g/mol. The van der Waals surface area contributed by atoms with Crippen LogP contribution < -0.4 is 0 Å². The van der Waals surface area contributed by atoms with Crippen molar-refractivity contribution < 1.29 is 0 Å². The summed E-state index contributed by atoms with van der Waals surface area (Å²) in [6, 6.07) is 19.3. The van der Waals surface area contributed by atoms with E-state index in [9.17, 15) is 0 Å². The number of fused-ring (bicyclic) bond motifs is 1. The van der Waals surface area contributed by atoms with Crippen molar-refractivity contribution in [3.05, 3.63) is 66.0 Å². The predicted octanol–water partition coefficient (Wildman–Crippen LogP) is 5.08. The lowest BCUT2D eigenvalue weighted by Gasteiger charge is -2.28. The Morgan fingerprint density at radius 3 is 2.36 bits per heavy atom. The van der Waals surface area contributed by atoms with Gasteiger partial charge < -0.3 is 4.98 Å². The van der Waals surface area contributed by atoms with E-state index in [1.54, 1.807) is 0 Å². The number of benzene rings is 2. The molecule has 1 heterocycles. The second-order valence-electron chi connectivity index (χ2n) is 6.53. The third-order valence-corrected chi connectivity index (χ3v) is 5.04. The minimum Gasteiger partial charge on any atom is -0.342 e. The SMILES string of the molecule is c1ccc(C2CCC(Cc3nc4ccccc4[nH]3)CC2)cc1. The van der Waals surface area contributed by atoms with Crippen LogP contribution in [0.15, 0.2) is 54.6 Å². The van der Waals surface area contributed by atoms with E-state index in [0.717, 1.165) is 35.1 Å². The molecule has 1 N–H and O–H groups in total. The minimum absolute atomic E-state index is 0.758. The van der Waals surface area contributed by atoms with Crippen LogP contribution in [-0.4, -0.2) is 9.97 Å². The van der Waals surface area contributed by atoms with Crippen molar-refractivity contribution in [1.29, 1.82) is 0 Å². The molecule has 0 aliphatic heterocycles. The predicted molar refractivity (Wildman–Crippen MR) is 90.9 cm³/mol. The third kappa shape index (κ3) is 2.78. The number of imidazole rings is 1. The summed E-state index contributed by atoms with van der Waals surface area (Å²) in [5.41, 5.74) is 3.77.